The van der Waals surface area contributed by atoms with Crippen LogP contribution in [0.15, 0.2) is 6.07 Å². The molecule has 0 fully saturated rings. The zero-order valence-electron chi connectivity index (χ0n) is 11.8. The lowest BCUT2D eigenvalue weighted by Crippen LogP contribution is -2.19. The molecule has 25 heavy (non-hydrogen) atoms. The summed E-state index contributed by atoms with van der Waals surface area (Å²) in [4.78, 5) is 5.15. The van der Waals surface area contributed by atoms with Crippen molar-refractivity contribution in [1.29, 1.82) is 0 Å². The maximum atomic E-state index is 13.7. The first kappa shape index (κ1) is 18.9. The molecule has 0 aliphatic rings. The molecule has 136 valence electrons. The van der Waals surface area contributed by atoms with Crippen LogP contribution in [0.2, 0.25) is 0 Å². The summed E-state index contributed by atoms with van der Waals surface area (Å²) in [5, 5.41) is 0. The van der Waals surface area contributed by atoms with Crippen LogP contribution in [0.3, 0.4) is 0 Å². The lowest BCUT2D eigenvalue weighted by Gasteiger charge is -2.15. The second kappa shape index (κ2) is 5.85. The van der Waals surface area contributed by atoms with E-state index >= 15 is 0 Å². The van der Waals surface area contributed by atoms with Gasteiger partial charge in [0.05, 0.1) is 11.3 Å². The molecule has 0 N–H and O–H groups in total. The van der Waals surface area contributed by atoms with E-state index in [2.05, 4.69) is 9.97 Å². The van der Waals surface area contributed by atoms with Crippen molar-refractivity contribution >= 4 is 0 Å². The highest BCUT2D eigenvalue weighted by atomic mass is 19.4. The molecule has 0 aliphatic heterocycles. The Morgan fingerprint density at radius 1 is 0.720 bits per heavy atom. The van der Waals surface area contributed by atoms with Gasteiger partial charge in [0.25, 0.3) is 5.92 Å². The summed E-state index contributed by atoms with van der Waals surface area (Å²) in [5.74, 6) is -18.8. The maximum absolute atomic E-state index is 13.7. The topological polar surface area (TPSA) is 25.8 Å². The summed E-state index contributed by atoms with van der Waals surface area (Å²) in [7, 11) is 0. The van der Waals surface area contributed by atoms with Crippen LogP contribution in [-0.2, 0) is 12.1 Å². The fourth-order valence-corrected chi connectivity index (χ4v) is 1.76. The van der Waals surface area contributed by atoms with Crippen molar-refractivity contribution in [1.82, 2.24) is 9.97 Å². The Hall–Kier alpha value is -2.40. The van der Waals surface area contributed by atoms with Gasteiger partial charge in [-0.15, -0.1) is 0 Å². The van der Waals surface area contributed by atoms with E-state index in [1.807, 2.05) is 0 Å². The summed E-state index contributed by atoms with van der Waals surface area (Å²) < 4.78 is 131. The Bertz CT molecular complexity index is 777. The zero-order chi connectivity index (χ0) is 19.3. The number of aromatic nitrogens is 2. The molecule has 2 aromatic rings. The highest BCUT2D eigenvalue weighted by Gasteiger charge is 2.39. The van der Waals surface area contributed by atoms with Crippen molar-refractivity contribution in [2.75, 3.05) is 0 Å². The minimum absolute atomic E-state index is 0.00746. The van der Waals surface area contributed by atoms with Crippen molar-refractivity contribution in [3.8, 4) is 11.3 Å². The van der Waals surface area contributed by atoms with Gasteiger partial charge in [0.2, 0.25) is 11.6 Å². The Labute approximate surface area is 132 Å². The predicted molar refractivity (Wildman–Crippen MR) is 61.8 cm³/mol. The number of hydrogen-bond donors (Lipinski definition) is 0. The third-order valence-corrected chi connectivity index (χ3v) is 2.90. The smallest absolute Gasteiger partial charge is 0.224 e. The highest BCUT2D eigenvalue weighted by Crippen LogP contribution is 2.36. The van der Waals surface area contributed by atoms with Gasteiger partial charge in [0.1, 0.15) is 5.69 Å². The van der Waals surface area contributed by atoms with Gasteiger partial charge in [-0.25, -0.2) is 31.9 Å². The number of benzene rings is 1. The van der Waals surface area contributed by atoms with Gasteiger partial charge in [-0.1, -0.05) is 0 Å². The monoisotopic (exact) mass is 378 g/mol. The van der Waals surface area contributed by atoms with Gasteiger partial charge < -0.3 is 0 Å². The molecular formula is C13H4F10N2. The van der Waals surface area contributed by atoms with Crippen molar-refractivity contribution in [2.24, 2.45) is 0 Å². The molecule has 0 bridgehead atoms. The Kier molecular flexibility index (Phi) is 4.43. The van der Waals surface area contributed by atoms with E-state index in [0.29, 0.717) is 0 Å². The quantitative estimate of drug-likeness (QED) is 0.419. The summed E-state index contributed by atoms with van der Waals surface area (Å²) in [6, 6.07) is 0.00746. The van der Waals surface area contributed by atoms with Gasteiger partial charge in [-0.2, -0.15) is 22.0 Å². The number of nitrogens with zero attached hydrogens (tertiary/aromatic N) is 2. The second-order valence-corrected chi connectivity index (χ2v) is 4.79. The van der Waals surface area contributed by atoms with Crippen LogP contribution in [0.25, 0.3) is 11.3 Å². The van der Waals surface area contributed by atoms with Crippen LogP contribution in [0, 0.1) is 29.1 Å². The van der Waals surface area contributed by atoms with Gasteiger partial charge in [0, 0.05) is 6.92 Å². The number of rotatable bonds is 2. The van der Waals surface area contributed by atoms with Gasteiger partial charge in [-0.05, 0) is 6.07 Å². The van der Waals surface area contributed by atoms with E-state index < -0.39 is 64.0 Å². The standard InChI is InChI=1S/C13H4F10N2/c1-12(19,20)4-2-3(24-11(25-4)13(21,22)23)5-6(14)8(16)10(18)9(17)7(5)15/h2H,1H3. The summed E-state index contributed by atoms with van der Waals surface area (Å²) in [6.45, 7) is 0.123. The molecule has 2 rings (SSSR count). The Morgan fingerprint density at radius 3 is 1.56 bits per heavy atom. The summed E-state index contributed by atoms with van der Waals surface area (Å²) in [6.07, 6.45) is -5.42. The molecule has 0 aliphatic carbocycles. The largest absolute Gasteiger partial charge is 0.451 e. The Morgan fingerprint density at radius 2 is 1.16 bits per heavy atom. The van der Waals surface area contributed by atoms with Crippen LogP contribution in [0.4, 0.5) is 43.9 Å². The first-order chi connectivity index (χ1) is 11.2. The third-order valence-electron chi connectivity index (χ3n) is 2.90. The third kappa shape index (κ3) is 3.37. The molecule has 0 atom stereocenters. The second-order valence-electron chi connectivity index (χ2n) is 4.79. The fraction of sp³-hybridized carbons (Fsp3) is 0.231. The van der Waals surface area contributed by atoms with Gasteiger partial charge in [-0.3, -0.25) is 0 Å². The van der Waals surface area contributed by atoms with Gasteiger partial charge in [0.15, 0.2) is 23.3 Å². The normalized spacial score (nSPS) is 12.6. The lowest BCUT2D eigenvalue weighted by atomic mass is 10.1. The van der Waals surface area contributed by atoms with E-state index in [1.54, 1.807) is 0 Å². The van der Waals surface area contributed by atoms with Crippen LogP contribution in [0.1, 0.15) is 18.4 Å². The minimum Gasteiger partial charge on any atom is -0.224 e. The molecule has 0 saturated carbocycles. The molecule has 0 saturated heterocycles. The molecule has 1 aromatic carbocycles. The molecular weight excluding hydrogens is 374 g/mol. The SMILES string of the molecule is CC(F)(F)c1cc(-c2c(F)c(F)c(F)c(F)c2F)nc(C(F)(F)F)n1. The predicted octanol–water partition coefficient (Wildman–Crippen LogP) is 4.97. The van der Waals surface area contributed by atoms with E-state index in [-0.39, 0.29) is 13.0 Å². The van der Waals surface area contributed by atoms with Crippen LogP contribution < -0.4 is 0 Å². The molecule has 0 amide bonds. The van der Waals surface area contributed by atoms with Crippen molar-refractivity contribution in [3.63, 3.8) is 0 Å². The van der Waals surface area contributed by atoms with E-state index in [4.69, 9.17) is 0 Å². The number of alkyl halides is 5. The van der Waals surface area contributed by atoms with Crippen LogP contribution in [-0.4, -0.2) is 9.97 Å². The molecule has 12 heteroatoms. The first-order valence-electron chi connectivity index (χ1n) is 6.11. The van der Waals surface area contributed by atoms with E-state index in [1.165, 1.54) is 0 Å². The van der Waals surface area contributed by atoms with Crippen molar-refractivity contribution in [3.05, 3.63) is 46.7 Å². The fourth-order valence-electron chi connectivity index (χ4n) is 1.76. The average molecular weight is 378 g/mol. The van der Waals surface area contributed by atoms with Crippen molar-refractivity contribution < 1.29 is 43.9 Å². The Balaban J connectivity index is 2.89. The lowest BCUT2D eigenvalue weighted by molar-refractivity contribution is -0.145. The van der Waals surface area contributed by atoms with Crippen LogP contribution >= 0.6 is 0 Å². The highest BCUT2D eigenvalue weighted by molar-refractivity contribution is 5.62. The summed E-state index contributed by atoms with van der Waals surface area (Å²) >= 11 is 0. The molecule has 0 radical (unpaired) electrons. The minimum atomic E-state index is -5.42. The van der Waals surface area contributed by atoms with E-state index in [0.717, 1.165) is 0 Å². The molecule has 1 heterocycles. The first-order valence-corrected chi connectivity index (χ1v) is 6.11. The maximum Gasteiger partial charge on any atom is 0.451 e. The van der Waals surface area contributed by atoms with Crippen LogP contribution in [0.5, 0.6) is 0 Å². The van der Waals surface area contributed by atoms with Crippen molar-refractivity contribution in [2.45, 2.75) is 19.0 Å². The van der Waals surface area contributed by atoms with E-state index in [9.17, 15) is 43.9 Å². The molecule has 0 unspecified atom stereocenters. The van der Waals surface area contributed by atoms with Gasteiger partial charge >= 0.3 is 6.18 Å². The summed E-state index contributed by atoms with van der Waals surface area (Å²) in [5.41, 5.74) is -5.03. The molecule has 0 spiro atoms. The number of halogens is 10. The molecule has 1 aromatic heterocycles. The zero-order valence-corrected chi connectivity index (χ0v) is 11.8. The number of hydrogen-bond acceptors (Lipinski definition) is 2. The molecule has 2 nitrogen and oxygen atoms in total. The average Bonchev–Trinajstić information content (AvgIpc) is 2.49.